The summed E-state index contributed by atoms with van der Waals surface area (Å²) in [7, 11) is 0. The van der Waals surface area contributed by atoms with Crippen LogP contribution in [0.5, 0.6) is 17.2 Å². The summed E-state index contributed by atoms with van der Waals surface area (Å²) < 4.78 is 16.8. The molecule has 2 heterocycles. The summed E-state index contributed by atoms with van der Waals surface area (Å²) >= 11 is 0. The van der Waals surface area contributed by atoms with Gasteiger partial charge in [0.05, 0.1) is 17.8 Å². The summed E-state index contributed by atoms with van der Waals surface area (Å²) in [6, 6.07) is 14.6. The Kier molecular flexibility index (Phi) is 5.36. The van der Waals surface area contributed by atoms with Crippen molar-refractivity contribution in [3.05, 3.63) is 81.2 Å². The molecule has 3 aromatic carbocycles. The normalized spacial score (nSPS) is 14.1. The van der Waals surface area contributed by atoms with Gasteiger partial charge in [-0.2, -0.15) is 0 Å². The quantitative estimate of drug-likeness (QED) is 0.349. The molecule has 2 aliphatic rings. The fraction of sp³-hybridized carbons (Fsp3) is 0.214. The number of benzene rings is 3. The smallest absolute Gasteiger partial charge is 0.344 e. The highest BCUT2D eigenvalue weighted by molar-refractivity contribution is 6.21. The Morgan fingerprint density at radius 3 is 1.97 bits per heavy atom. The van der Waals surface area contributed by atoms with E-state index in [1.807, 2.05) is 57.2 Å². The van der Waals surface area contributed by atoms with E-state index in [9.17, 15) is 9.59 Å². The van der Waals surface area contributed by atoms with Gasteiger partial charge in [-0.3, -0.25) is 0 Å². The van der Waals surface area contributed by atoms with Crippen LogP contribution in [0.3, 0.4) is 0 Å². The predicted molar refractivity (Wildman–Crippen MR) is 129 cm³/mol. The Bertz CT molecular complexity index is 1470. The van der Waals surface area contributed by atoms with Gasteiger partial charge in [0.25, 0.3) is 0 Å². The third kappa shape index (κ3) is 3.52. The van der Waals surface area contributed by atoms with Crippen LogP contribution in [0, 0.1) is 6.92 Å². The number of fused-ring (bicyclic) bond motifs is 2. The molecule has 0 saturated heterocycles. The predicted octanol–water partition coefficient (Wildman–Crippen LogP) is 3.16. The number of ether oxygens (including phenoxy) is 3. The number of carbonyl (C=O) groups excluding carboxylic acids is 2. The van der Waals surface area contributed by atoms with Crippen molar-refractivity contribution in [3.8, 4) is 17.2 Å². The number of anilines is 1. The van der Waals surface area contributed by atoms with Crippen LogP contribution in [0.15, 0.2) is 48.5 Å². The maximum Gasteiger partial charge on any atom is 0.344 e. The molecule has 0 aromatic heterocycles. The molecule has 0 saturated carbocycles. The second-order valence-corrected chi connectivity index (χ2v) is 8.47. The Morgan fingerprint density at radius 1 is 0.824 bits per heavy atom. The van der Waals surface area contributed by atoms with E-state index in [-0.39, 0.29) is 0 Å². The maximum atomic E-state index is 12.9. The molecule has 3 aromatic rings. The van der Waals surface area contributed by atoms with Crippen molar-refractivity contribution < 1.29 is 23.8 Å². The molecule has 0 aliphatic carbocycles. The number of carbonyl (C=O) groups is 2. The van der Waals surface area contributed by atoms with Crippen LogP contribution in [0.1, 0.15) is 42.5 Å². The Balaban J connectivity index is 1.66. The maximum absolute atomic E-state index is 12.9. The van der Waals surface area contributed by atoms with E-state index < -0.39 is 11.9 Å². The van der Waals surface area contributed by atoms with E-state index in [4.69, 9.17) is 19.9 Å². The summed E-state index contributed by atoms with van der Waals surface area (Å²) in [5.74, 6) is 0.680. The van der Waals surface area contributed by atoms with E-state index in [0.717, 1.165) is 41.0 Å². The minimum absolute atomic E-state index is 0.406. The van der Waals surface area contributed by atoms with E-state index >= 15 is 0 Å². The molecule has 0 fully saturated rings. The fourth-order valence-corrected chi connectivity index (χ4v) is 4.43. The molecule has 0 spiro atoms. The molecular weight excluding hydrogens is 430 g/mol. The summed E-state index contributed by atoms with van der Waals surface area (Å²) in [6.45, 7) is 6.61. The average molecular weight is 456 g/mol. The number of hydrogen-bond acceptors (Lipinski definition) is 6. The summed E-state index contributed by atoms with van der Waals surface area (Å²) in [5, 5.41) is 1.20. The number of esters is 2. The van der Waals surface area contributed by atoms with Crippen LogP contribution in [-0.2, 0) is 16.0 Å². The lowest BCUT2D eigenvalue weighted by Crippen LogP contribution is -2.11. The van der Waals surface area contributed by atoms with Crippen molar-refractivity contribution in [2.24, 2.45) is 0 Å². The lowest BCUT2D eigenvalue weighted by atomic mass is 9.96. The van der Waals surface area contributed by atoms with Gasteiger partial charge in [-0.05, 0) is 78.4 Å². The van der Waals surface area contributed by atoms with Gasteiger partial charge in [0.15, 0.2) is 0 Å². The number of aryl methyl sites for hydroxylation is 2. The highest BCUT2D eigenvalue weighted by atomic mass is 16.5. The summed E-state index contributed by atoms with van der Waals surface area (Å²) in [6.07, 6.45) is 1.66. The number of nitrogens with two attached hydrogens (primary N) is 1. The molecule has 0 amide bonds. The van der Waals surface area contributed by atoms with Crippen LogP contribution >= 0.6 is 0 Å². The second-order valence-electron chi connectivity index (χ2n) is 8.47. The van der Waals surface area contributed by atoms with E-state index in [2.05, 4.69) is 0 Å². The largest absolute Gasteiger partial charge is 0.494 e. The average Bonchev–Trinajstić information content (AvgIpc) is 3.32. The van der Waals surface area contributed by atoms with Gasteiger partial charge >= 0.3 is 11.9 Å². The molecule has 0 bridgehead atoms. The Morgan fingerprint density at radius 2 is 1.41 bits per heavy atom. The second kappa shape index (κ2) is 8.37. The summed E-state index contributed by atoms with van der Waals surface area (Å²) in [4.78, 5) is 25.7. The molecule has 2 aliphatic heterocycles. The van der Waals surface area contributed by atoms with Gasteiger partial charge in [0.1, 0.15) is 17.2 Å². The van der Waals surface area contributed by atoms with E-state index in [0.29, 0.717) is 45.3 Å². The molecule has 6 nitrogen and oxygen atoms in total. The SMILES string of the molecule is CCCOc1ccc(C2=c3cc4c(cc3OC2=O)=C(c2cc(C)c(N)c(CC)c2)C(=O)O4)cc1. The number of rotatable bonds is 6. The van der Waals surface area contributed by atoms with Crippen LogP contribution in [-0.4, -0.2) is 18.5 Å². The summed E-state index contributed by atoms with van der Waals surface area (Å²) in [5.41, 5.74) is 11.1. The molecule has 172 valence electrons. The number of hydrogen-bond donors (Lipinski definition) is 1. The zero-order valence-electron chi connectivity index (χ0n) is 19.4. The first-order valence-corrected chi connectivity index (χ1v) is 11.4. The van der Waals surface area contributed by atoms with Gasteiger partial charge in [-0.1, -0.05) is 26.0 Å². The van der Waals surface area contributed by atoms with Crippen LogP contribution in [0.2, 0.25) is 0 Å². The van der Waals surface area contributed by atoms with Crippen molar-refractivity contribution in [3.63, 3.8) is 0 Å². The standard InChI is InChI=1S/C28H25NO5/c1-4-10-32-19-8-6-17(7-9-19)24-20-13-23-21(14-22(20)33-27(24)30)25(28(31)34-23)18-11-15(3)26(29)16(5-2)12-18/h6-9,11-14H,4-5,10,29H2,1-3H3. The highest BCUT2D eigenvalue weighted by Crippen LogP contribution is 2.30. The van der Waals surface area contributed by atoms with Gasteiger partial charge in [0.2, 0.25) is 0 Å². The van der Waals surface area contributed by atoms with Gasteiger partial charge in [0, 0.05) is 16.1 Å². The third-order valence-corrected chi connectivity index (χ3v) is 6.19. The molecule has 5 rings (SSSR count). The topological polar surface area (TPSA) is 87.9 Å². The Labute approximate surface area is 197 Å². The first kappa shape index (κ1) is 21.8. The third-order valence-electron chi connectivity index (χ3n) is 6.19. The minimum Gasteiger partial charge on any atom is -0.494 e. The zero-order valence-corrected chi connectivity index (χ0v) is 19.4. The molecular formula is C28H25NO5. The molecule has 0 atom stereocenters. The van der Waals surface area contributed by atoms with Crippen LogP contribution in [0.4, 0.5) is 5.69 Å². The van der Waals surface area contributed by atoms with Crippen molar-refractivity contribution >= 4 is 28.8 Å². The van der Waals surface area contributed by atoms with Gasteiger partial charge in [-0.15, -0.1) is 0 Å². The molecule has 34 heavy (non-hydrogen) atoms. The van der Waals surface area contributed by atoms with E-state index in [1.54, 1.807) is 12.1 Å². The fourth-order valence-electron chi connectivity index (χ4n) is 4.43. The molecule has 2 N–H and O–H groups in total. The number of nitrogen functional groups attached to an aromatic ring is 1. The highest BCUT2D eigenvalue weighted by Gasteiger charge is 2.30. The molecule has 0 radical (unpaired) electrons. The first-order chi connectivity index (χ1) is 16.4. The molecule has 6 heteroatoms. The van der Waals surface area contributed by atoms with Gasteiger partial charge < -0.3 is 19.9 Å². The van der Waals surface area contributed by atoms with Gasteiger partial charge in [-0.25, -0.2) is 9.59 Å². The molecule has 0 unspecified atom stereocenters. The van der Waals surface area contributed by atoms with Crippen LogP contribution < -0.4 is 30.4 Å². The van der Waals surface area contributed by atoms with Crippen molar-refractivity contribution in [1.82, 2.24) is 0 Å². The van der Waals surface area contributed by atoms with Crippen molar-refractivity contribution in [1.29, 1.82) is 0 Å². The Hall–Kier alpha value is -4.06. The van der Waals surface area contributed by atoms with Crippen molar-refractivity contribution in [2.45, 2.75) is 33.6 Å². The minimum atomic E-state index is -0.439. The lowest BCUT2D eigenvalue weighted by Gasteiger charge is -2.10. The monoisotopic (exact) mass is 455 g/mol. The first-order valence-electron chi connectivity index (χ1n) is 11.4. The van der Waals surface area contributed by atoms with Crippen molar-refractivity contribution in [2.75, 3.05) is 12.3 Å². The van der Waals surface area contributed by atoms with Crippen LogP contribution in [0.25, 0.3) is 11.1 Å². The van der Waals surface area contributed by atoms with E-state index in [1.165, 1.54) is 0 Å². The lowest BCUT2D eigenvalue weighted by molar-refractivity contribution is -0.128. The zero-order chi connectivity index (χ0) is 24.0.